The molecule has 0 unspecified atom stereocenters. The lowest BCUT2D eigenvalue weighted by molar-refractivity contribution is 0.477. The Morgan fingerprint density at radius 1 is 0.479 bits per heavy atom. The smallest absolute Gasteiger partial charge is 0.333 e. The lowest BCUT2D eigenvalue weighted by Gasteiger charge is -2.47. The molecule has 3 aliphatic heterocycles. The van der Waals surface area contributed by atoms with Gasteiger partial charge in [0.1, 0.15) is 0 Å². The standard InChI is InChI=1S/C44H27BN2O/c1-2-11-28(12-3-1)29-21-24-32(25-22-29)47-38-26-23-30-13-4-6-15-33(30)41(38)35-27-31-14-5-7-16-34(31)43-42(35)45(47)36-17-10-20-40-44(36)46(43)37-18-8-9-19-39(37)48-40/h1-27H. The fourth-order valence-corrected chi connectivity index (χ4v) is 8.39. The lowest BCUT2D eigenvalue weighted by Crippen LogP contribution is -2.61. The molecule has 0 N–H and O–H groups in total. The minimum atomic E-state index is -0.0732. The van der Waals surface area contributed by atoms with Gasteiger partial charge in [-0.25, -0.2) is 0 Å². The van der Waals surface area contributed by atoms with E-state index in [1.54, 1.807) is 0 Å². The number of fused-ring (bicyclic) bond motifs is 10. The van der Waals surface area contributed by atoms with E-state index < -0.39 is 0 Å². The molecular weight excluding hydrogens is 583 g/mol. The Morgan fingerprint density at radius 2 is 1.19 bits per heavy atom. The number of para-hydroxylation sites is 3. The average Bonchev–Trinajstić information content (AvgIpc) is 3.16. The summed E-state index contributed by atoms with van der Waals surface area (Å²) < 4.78 is 6.67. The van der Waals surface area contributed by atoms with Crippen LogP contribution in [0.1, 0.15) is 0 Å². The normalized spacial score (nSPS) is 13.5. The van der Waals surface area contributed by atoms with Gasteiger partial charge in [0, 0.05) is 22.3 Å². The molecule has 3 nitrogen and oxygen atoms in total. The van der Waals surface area contributed by atoms with Gasteiger partial charge in [0.2, 0.25) is 0 Å². The van der Waals surface area contributed by atoms with Gasteiger partial charge in [0.05, 0.1) is 17.1 Å². The molecule has 48 heavy (non-hydrogen) atoms. The van der Waals surface area contributed by atoms with Crippen molar-refractivity contribution < 1.29 is 4.74 Å². The Morgan fingerprint density at radius 3 is 2.06 bits per heavy atom. The predicted molar refractivity (Wildman–Crippen MR) is 201 cm³/mol. The number of nitrogens with zero attached hydrogens (tertiary/aromatic N) is 2. The van der Waals surface area contributed by atoms with Crippen LogP contribution in [0.2, 0.25) is 0 Å². The Labute approximate surface area is 279 Å². The highest BCUT2D eigenvalue weighted by atomic mass is 16.5. The van der Waals surface area contributed by atoms with Crippen molar-refractivity contribution in [1.82, 2.24) is 0 Å². The minimum Gasteiger partial charge on any atom is -0.453 e. The second-order valence-corrected chi connectivity index (χ2v) is 12.9. The zero-order chi connectivity index (χ0) is 31.3. The van der Waals surface area contributed by atoms with Gasteiger partial charge in [0.25, 0.3) is 0 Å². The van der Waals surface area contributed by atoms with Crippen LogP contribution in [0.5, 0.6) is 11.5 Å². The molecule has 4 heteroatoms. The molecular formula is C44H27BN2O. The van der Waals surface area contributed by atoms with Crippen LogP contribution in [0.4, 0.5) is 28.4 Å². The van der Waals surface area contributed by atoms with Crippen molar-refractivity contribution in [2.45, 2.75) is 0 Å². The van der Waals surface area contributed by atoms with Crippen LogP contribution in [0.25, 0.3) is 43.8 Å². The monoisotopic (exact) mass is 610 g/mol. The molecule has 8 aromatic rings. The van der Waals surface area contributed by atoms with Crippen molar-refractivity contribution in [2.24, 2.45) is 0 Å². The zero-order valence-electron chi connectivity index (χ0n) is 26.0. The molecule has 8 aromatic carbocycles. The fraction of sp³-hybridized carbons (Fsp3) is 0. The molecule has 0 aromatic heterocycles. The van der Waals surface area contributed by atoms with Gasteiger partial charge in [-0.1, -0.05) is 121 Å². The van der Waals surface area contributed by atoms with Gasteiger partial charge in [-0.15, -0.1) is 0 Å². The third kappa shape index (κ3) is 3.44. The van der Waals surface area contributed by atoms with Gasteiger partial charge in [-0.05, 0) is 86.2 Å². The Bertz CT molecular complexity index is 2610. The van der Waals surface area contributed by atoms with Gasteiger partial charge in [0.15, 0.2) is 11.5 Å². The van der Waals surface area contributed by atoms with Crippen molar-refractivity contribution in [3.05, 3.63) is 164 Å². The topological polar surface area (TPSA) is 15.7 Å². The molecule has 0 amide bonds. The maximum atomic E-state index is 6.67. The van der Waals surface area contributed by atoms with Gasteiger partial charge in [-0.2, -0.15) is 0 Å². The summed E-state index contributed by atoms with van der Waals surface area (Å²) >= 11 is 0. The van der Waals surface area contributed by atoms with Crippen molar-refractivity contribution in [2.75, 3.05) is 9.71 Å². The summed E-state index contributed by atoms with van der Waals surface area (Å²) in [6, 6.07) is 59.5. The van der Waals surface area contributed by atoms with Crippen LogP contribution in [-0.4, -0.2) is 6.85 Å². The second kappa shape index (κ2) is 9.63. The van der Waals surface area contributed by atoms with Crippen molar-refractivity contribution in [3.63, 3.8) is 0 Å². The van der Waals surface area contributed by atoms with Crippen molar-refractivity contribution in [1.29, 1.82) is 0 Å². The van der Waals surface area contributed by atoms with E-state index in [9.17, 15) is 0 Å². The zero-order valence-corrected chi connectivity index (χ0v) is 26.0. The first-order valence-electron chi connectivity index (χ1n) is 16.6. The number of hydrogen-bond donors (Lipinski definition) is 0. The molecule has 0 spiro atoms. The van der Waals surface area contributed by atoms with Crippen LogP contribution in [-0.2, 0) is 0 Å². The molecule has 3 heterocycles. The van der Waals surface area contributed by atoms with Crippen LogP contribution in [0, 0.1) is 0 Å². The third-order valence-electron chi connectivity index (χ3n) is 10.4. The van der Waals surface area contributed by atoms with Crippen LogP contribution in [0.15, 0.2) is 164 Å². The number of benzene rings is 8. The Kier molecular flexibility index (Phi) is 5.19. The summed E-state index contributed by atoms with van der Waals surface area (Å²) in [5.74, 6) is 1.76. The predicted octanol–water partition coefficient (Wildman–Crippen LogP) is 10.5. The maximum absolute atomic E-state index is 6.67. The average molecular weight is 611 g/mol. The van der Waals surface area contributed by atoms with Crippen LogP contribution < -0.4 is 25.4 Å². The number of hydrogen-bond acceptors (Lipinski definition) is 3. The Hall–Kier alpha value is -6.26. The van der Waals surface area contributed by atoms with Crippen LogP contribution in [0.3, 0.4) is 0 Å². The molecule has 0 saturated heterocycles. The minimum absolute atomic E-state index is 0.0732. The molecule has 3 aliphatic rings. The molecule has 0 fully saturated rings. The number of anilines is 5. The lowest BCUT2D eigenvalue weighted by atomic mass is 9.43. The first-order valence-corrected chi connectivity index (χ1v) is 16.6. The molecule has 0 bridgehead atoms. The molecule has 0 atom stereocenters. The number of ether oxygens (including phenoxy) is 1. The van der Waals surface area contributed by atoms with Crippen molar-refractivity contribution in [3.8, 4) is 33.8 Å². The highest BCUT2D eigenvalue weighted by Crippen LogP contribution is 2.56. The van der Waals surface area contributed by atoms with E-state index in [1.807, 2.05) is 0 Å². The largest absolute Gasteiger partial charge is 0.453 e. The van der Waals surface area contributed by atoms with Gasteiger partial charge < -0.3 is 14.4 Å². The fourth-order valence-electron chi connectivity index (χ4n) is 8.39. The summed E-state index contributed by atoms with van der Waals surface area (Å²) in [6.45, 7) is -0.0732. The first kappa shape index (κ1) is 25.9. The number of rotatable bonds is 2. The summed E-state index contributed by atoms with van der Waals surface area (Å²) in [7, 11) is 0. The maximum Gasteiger partial charge on any atom is 0.333 e. The summed E-state index contributed by atoms with van der Waals surface area (Å²) in [5.41, 5.74) is 13.3. The summed E-state index contributed by atoms with van der Waals surface area (Å²) in [5, 5.41) is 4.97. The van der Waals surface area contributed by atoms with Gasteiger partial charge >= 0.3 is 6.85 Å². The second-order valence-electron chi connectivity index (χ2n) is 12.9. The van der Waals surface area contributed by atoms with E-state index in [4.69, 9.17) is 4.74 Å². The highest BCUT2D eigenvalue weighted by molar-refractivity contribution is 6.94. The first-order chi connectivity index (χ1) is 23.8. The van der Waals surface area contributed by atoms with E-state index in [1.165, 1.54) is 66.1 Å². The van der Waals surface area contributed by atoms with E-state index >= 15 is 0 Å². The summed E-state index contributed by atoms with van der Waals surface area (Å²) in [4.78, 5) is 5.05. The van der Waals surface area contributed by atoms with E-state index in [2.05, 4.69) is 174 Å². The van der Waals surface area contributed by atoms with Gasteiger partial charge in [-0.3, -0.25) is 0 Å². The molecule has 0 saturated carbocycles. The van der Waals surface area contributed by atoms with E-state index in [0.29, 0.717) is 0 Å². The molecule has 0 radical (unpaired) electrons. The molecule has 222 valence electrons. The SMILES string of the molecule is c1ccc(-c2ccc(N3B4c5cccc6c5N(c5ccccc5O6)c5c4c(cc4ccccc54)-c4c3ccc3ccccc43)cc2)cc1. The van der Waals surface area contributed by atoms with E-state index in [-0.39, 0.29) is 6.85 Å². The Balaban J connectivity index is 1.28. The van der Waals surface area contributed by atoms with Crippen molar-refractivity contribution >= 4 is 67.8 Å². The summed E-state index contributed by atoms with van der Waals surface area (Å²) in [6.07, 6.45) is 0. The molecule has 0 aliphatic carbocycles. The molecule has 11 rings (SSSR count). The van der Waals surface area contributed by atoms with E-state index in [0.717, 1.165) is 28.6 Å². The third-order valence-corrected chi connectivity index (χ3v) is 10.4. The van der Waals surface area contributed by atoms with Crippen LogP contribution >= 0.6 is 0 Å². The quantitative estimate of drug-likeness (QED) is 0.181. The highest BCUT2D eigenvalue weighted by Gasteiger charge is 2.48.